The molecule has 2 heterocycles. The topological polar surface area (TPSA) is 73.1 Å². The van der Waals surface area contributed by atoms with E-state index in [9.17, 15) is 0 Å². The van der Waals surface area contributed by atoms with Crippen LogP contribution in [-0.4, -0.2) is 35.8 Å². The first-order valence-electron chi connectivity index (χ1n) is 6.16. The molecular weight excluding hydrogens is 216 g/mol. The predicted molar refractivity (Wildman–Crippen MR) is 67.0 cm³/mol. The van der Waals surface area contributed by atoms with Crippen LogP contribution in [0.25, 0.3) is 0 Å². The van der Waals surface area contributed by atoms with Crippen LogP contribution in [-0.2, 0) is 4.74 Å². The minimum Gasteiger partial charge on any atom is -0.381 e. The molecule has 0 spiro atoms. The van der Waals surface area contributed by atoms with Crippen LogP contribution in [0, 0.1) is 0 Å². The van der Waals surface area contributed by atoms with Gasteiger partial charge in [-0.2, -0.15) is 0 Å². The van der Waals surface area contributed by atoms with Crippen molar-refractivity contribution in [1.82, 2.24) is 9.97 Å². The van der Waals surface area contributed by atoms with Gasteiger partial charge in [-0.15, -0.1) is 0 Å². The number of hydrogen-bond acceptors (Lipinski definition) is 5. The summed E-state index contributed by atoms with van der Waals surface area (Å²) in [7, 11) is 0. The quantitative estimate of drug-likeness (QED) is 0.820. The summed E-state index contributed by atoms with van der Waals surface area (Å²) in [6.45, 7) is 4.27. The lowest BCUT2D eigenvalue weighted by Crippen LogP contribution is -2.26. The number of nitrogens with zero attached hydrogens (tertiary/aromatic N) is 2. The van der Waals surface area contributed by atoms with Gasteiger partial charge in [0.25, 0.3) is 0 Å². The molecule has 1 saturated heterocycles. The first-order valence-corrected chi connectivity index (χ1v) is 6.16. The predicted octanol–water partition coefficient (Wildman–Crippen LogP) is 1.13. The summed E-state index contributed by atoms with van der Waals surface area (Å²) < 4.78 is 5.35. The van der Waals surface area contributed by atoms with Gasteiger partial charge in [0, 0.05) is 38.2 Å². The SMILES string of the molecule is CC(CN)Nc1ncc(C2CCOCC2)cn1. The lowest BCUT2D eigenvalue weighted by molar-refractivity contribution is 0.0852. The second kappa shape index (κ2) is 5.93. The standard InChI is InChI=1S/C12H20N4O/c1-9(6-13)16-12-14-7-11(8-15-12)10-2-4-17-5-3-10/h7-10H,2-6,13H2,1H3,(H,14,15,16). The second-order valence-electron chi connectivity index (χ2n) is 4.51. The Morgan fingerprint density at radius 2 is 2.06 bits per heavy atom. The third-order valence-corrected chi connectivity index (χ3v) is 3.09. The van der Waals surface area contributed by atoms with E-state index in [4.69, 9.17) is 10.5 Å². The Labute approximate surface area is 102 Å². The molecule has 5 heteroatoms. The van der Waals surface area contributed by atoms with Gasteiger partial charge in [0.15, 0.2) is 0 Å². The van der Waals surface area contributed by atoms with Gasteiger partial charge in [-0.3, -0.25) is 0 Å². The molecule has 1 aromatic heterocycles. The number of nitrogens with one attached hydrogen (secondary N) is 1. The Kier molecular flexibility index (Phi) is 4.28. The van der Waals surface area contributed by atoms with E-state index in [0.29, 0.717) is 18.4 Å². The summed E-state index contributed by atoms with van der Waals surface area (Å²) in [6, 6.07) is 0.198. The van der Waals surface area contributed by atoms with Crippen LogP contribution in [0.4, 0.5) is 5.95 Å². The van der Waals surface area contributed by atoms with E-state index in [1.54, 1.807) is 0 Å². The monoisotopic (exact) mass is 236 g/mol. The maximum absolute atomic E-state index is 5.53. The number of rotatable bonds is 4. The van der Waals surface area contributed by atoms with Crippen LogP contribution >= 0.6 is 0 Å². The summed E-state index contributed by atoms with van der Waals surface area (Å²) >= 11 is 0. The van der Waals surface area contributed by atoms with Crippen molar-refractivity contribution < 1.29 is 4.74 Å². The third kappa shape index (κ3) is 3.38. The molecule has 1 atom stereocenters. The van der Waals surface area contributed by atoms with Crippen LogP contribution in [0.3, 0.4) is 0 Å². The molecule has 0 aromatic carbocycles. The van der Waals surface area contributed by atoms with Crippen molar-refractivity contribution in [3.05, 3.63) is 18.0 Å². The number of anilines is 1. The van der Waals surface area contributed by atoms with Crippen molar-refractivity contribution in [2.24, 2.45) is 5.73 Å². The van der Waals surface area contributed by atoms with Crippen molar-refractivity contribution >= 4 is 5.95 Å². The molecule has 0 bridgehead atoms. The molecule has 5 nitrogen and oxygen atoms in total. The molecule has 2 rings (SSSR count). The van der Waals surface area contributed by atoms with Crippen molar-refractivity contribution in [1.29, 1.82) is 0 Å². The fraction of sp³-hybridized carbons (Fsp3) is 0.667. The third-order valence-electron chi connectivity index (χ3n) is 3.09. The molecule has 0 aliphatic carbocycles. The average Bonchev–Trinajstić information content (AvgIpc) is 2.40. The van der Waals surface area contributed by atoms with Gasteiger partial charge in [-0.1, -0.05) is 0 Å². The molecule has 0 radical (unpaired) electrons. The van der Waals surface area contributed by atoms with Gasteiger partial charge in [-0.05, 0) is 31.2 Å². The van der Waals surface area contributed by atoms with E-state index in [1.807, 2.05) is 19.3 Å². The van der Waals surface area contributed by atoms with Crippen LogP contribution < -0.4 is 11.1 Å². The zero-order chi connectivity index (χ0) is 12.1. The first-order chi connectivity index (χ1) is 8.29. The second-order valence-corrected chi connectivity index (χ2v) is 4.51. The van der Waals surface area contributed by atoms with E-state index in [2.05, 4.69) is 15.3 Å². The maximum Gasteiger partial charge on any atom is 0.222 e. The van der Waals surface area contributed by atoms with Gasteiger partial charge in [0.2, 0.25) is 5.95 Å². The molecule has 1 aliphatic heterocycles. The van der Waals surface area contributed by atoms with Crippen molar-refractivity contribution in [2.45, 2.75) is 31.7 Å². The minimum absolute atomic E-state index is 0.198. The Morgan fingerprint density at radius 3 is 2.65 bits per heavy atom. The smallest absolute Gasteiger partial charge is 0.222 e. The molecule has 1 fully saturated rings. The molecule has 94 valence electrons. The van der Waals surface area contributed by atoms with Crippen LogP contribution in [0.5, 0.6) is 0 Å². The Hall–Kier alpha value is -1.20. The zero-order valence-corrected chi connectivity index (χ0v) is 10.2. The van der Waals surface area contributed by atoms with E-state index >= 15 is 0 Å². The summed E-state index contributed by atoms with van der Waals surface area (Å²) in [4.78, 5) is 8.65. The molecule has 3 N–H and O–H groups in total. The van der Waals surface area contributed by atoms with Gasteiger partial charge >= 0.3 is 0 Å². The molecule has 1 aromatic rings. The highest BCUT2D eigenvalue weighted by Gasteiger charge is 2.16. The normalized spacial score (nSPS) is 18.9. The molecule has 17 heavy (non-hydrogen) atoms. The summed E-state index contributed by atoms with van der Waals surface area (Å²) in [6.07, 6.45) is 5.95. The number of hydrogen-bond donors (Lipinski definition) is 2. The largest absolute Gasteiger partial charge is 0.381 e. The highest BCUT2D eigenvalue weighted by molar-refractivity contribution is 5.27. The van der Waals surface area contributed by atoms with E-state index in [1.165, 1.54) is 5.56 Å². The Morgan fingerprint density at radius 1 is 1.41 bits per heavy atom. The maximum atomic E-state index is 5.53. The number of aromatic nitrogens is 2. The van der Waals surface area contributed by atoms with Crippen LogP contribution in [0.15, 0.2) is 12.4 Å². The highest BCUT2D eigenvalue weighted by atomic mass is 16.5. The molecule has 0 saturated carbocycles. The van der Waals surface area contributed by atoms with Gasteiger partial charge in [-0.25, -0.2) is 9.97 Å². The van der Waals surface area contributed by atoms with Crippen LogP contribution in [0.1, 0.15) is 31.2 Å². The van der Waals surface area contributed by atoms with Gasteiger partial charge in [0.05, 0.1) is 0 Å². The fourth-order valence-electron chi connectivity index (χ4n) is 1.93. The number of ether oxygens (including phenoxy) is 1. The molecule has 0 amide bonds. The number of nitrogens with two attached hydrogens (primary N) is 1. The summed E-state index contributed by atoms with van der Waals surface area (Å²) in [5, 5.41) is 3.15. The van der Waals surface area contributed by atoms with Crippen molar-refractivity contribution in [3.8, 4) is 0 Å². The highest BCUT2D eigenvalue weighted by Crippen LogP contribution is 2.25. The lowest BCUT2D eigenvalue weighted by Gasteiger charge is -2.21. The van der Waals surface area contributed by atoms with E-state index in [-0.39, 0.29) is 6.04 Å². The Bertz CT molecular complexity index is 335. The fourth-order valence-corrected chi connectivity index (χ4v) is 1.93. The molecule has 1 unspecified atom stereocenters. The van der Waals surface area contributed by atoms with Gasteiger partial charge in [0.1, 0.15) is 0 Å². The van der Waals surface area contributed by atoms with E-state index < -0.39 is 0 Å². The Balaban J connectivity index is 1.97. The molecule has 1 aliphatic rings. The average molecular weight is 236 g/mol. The van der Waals surface area contributed by atoms with Crippen molar-refractivity contribution in [3.63, 3.8) is 0 Å². The van der Waals surface area contributed by atoms with Gasteiger partial charge < -0.3 is 15.8 Å². The zero-order valence-electron chi connectivity index (χ0n) is 10.2. The summed E-state index contributed by atoms with van der Waals surface area (Å²) in [5.74, 6) is 1.20. The first kappa shape index (κ1) is 12.3. The minimum atomic E-state index is 0.198. The molecular formula is C12H20N4O. The van der Waals surface area contributed by atoms with Crippen molar-refractivity contribution in [2.75, 3.05) is 25.1 Å². The van der Waals surface area contributed by atoms with E-state index in [0.717, 1.165) is 26.1 Å². The summed E-state index contributed by atoms with van der Waals surface area (Å²) in [5.41, 5.74) is 6.74. The lowest BCUT2D eigenvalue weighted by atomic mass is 9.94. The van der Waals surface area contributed by atoms with Crippen LogP contribution in [0.2, 0.25) is 0 Å².